The van der Waals surface area contributed by atoms with Gasteiger partial charge in [-0.2, -0.15) is 0 Å². The molecule has 3 amide bonds. The maximum atomic E-state index is 13.0. The van der Waals surface area contributed by atoms with Gasteiger partial charge < -0.3 is 15.5 Å². The number of carbonyl (C=O) groups excluding carboxylic acids is 3. The fourth-order valence-electron chi connectivity index (χ4n) is 5.13. The fraction of sp³-hybridized carbons (Fsp3) is 0.462. The predicted octanol–water partition coefficient (Wildman–Crippen LogP) is 3.80. The number of amides is 3. The molecule has 2 aliphatic rings. The zero-order valence-electron chi connectivity index (χ0n) is 19.4. The van der Waals surface area contributed by atoms with Crippen LogP contribution < -0.4 is 10.6 Å². The molecule has 0 radical (unpaired) electrons. The molecular formula is C26H32N4O3. The number of nitrogens with zero attached hydrogens (tertiary/aromatic N) is 2. The molecule has 1 aliphatic heterocycles. The van der Waals surface area contributed by atoms with Gasteiger partial charge in [0.05, 0.1) is 6.54 Å². The number of anilines is 2. The van der Waals surface area contributed by atoms with Gasteiger partial charge in [0.2, 0.25) is 17.7 Å². The largest absolute Gasteiger partial charge is 0.333 e. The zero-order chi connectivity index (χ0) is 23.4. The Bertz CT molecular complexity index is 1030. The lowest BCUT2D eigenvalue weighted by Gasteiger charge is -2.40. The van der Waals surface area contributed by atoms with Crippen LogP contribution in [0.2, 0.25) is 0 Å². The smallest absolute Gasteiger partial charge is 0.243 e. The maximum absolute atomic E-state index is 13.0. The molecule has 2 N–H and O–H groups in total. The Morgan fingerprint density at radius 3 is 2.61 bits per heavy atom. The van der Waals surface area contributed by atoms with E-state index in [9.17, 15) is 14.4 Å². The summed E-state index contributed by atoms with van der Waals surface area (Å²) < 4.78 is 0. The molecule has 33 heavy (non-hydrogen) atoms. The minimum Gasteiger partial charge on any atom is -0.333 e. The normalized spacial score (nSPS) is 19.2. The summed E-state index contributed by atoms with van der Waals surface area (Å²) >= 11 is 0. The summed E-state index contributed by atoms with van der Waals surface area (Å²) in [4.78, 5) is 44.2. The highest BCUT2D eigenvalue weighted by atomic mass is 16.2. The topological polar surface area (TPSA) is 91.4 Å². The van der Waals surface area contributed by atoms with E-state index in [0.717, 1.165) is 36.8 Å². The van der Waals surface area contributed by atoms with Gasteiger partial charge in [-0.05, 0) is 73.9 Å². The summed E-state index contributed by atoms with van der Waals surface area (Å²) in [5.41, 5.74) is 2.57. The summed E-state index contributed by atoms with van der Waals surface area (Å²) in [5.74, 6) is 0.261. The van der Waals surface area contributed by atoms with Crippen LogP contribution in [-0.2, 0) is 27.2 Å². The van der Waals surface area contributed by atoms with Crippen LogP contribution in [0.25, 0.3) is 0 Å². The average molecular weight is 449 g/mol. The molecule has 1 atom stereocenters. The van der Waals surface area contributed by atoms with Gasteiger partial charge in [-0.25, -0.2) is 4.98 Å². The molecule has 7 heteroatoms. The third-order valence-electron chi connectivity index (χ3n) is 7.22. The molecule has 0 bridgehead atoms. The third-order valence-corrected chi connectivity index (χ3v) is 7.22. The van der Waals surface area contributed by atoms with E-state index in [1.165, 1.54) is 0 Å². The Balaban J connectivity index is 1.35. The summed E-state index contributed by atoms with van der Waals surface area (Å²) in [6.45, 7) is 4.82. The number of hydrogen-bond acceptors (Lipinski definition) is 4. The lowest BCUT2D eigenvalue weighted by atomic mass is 9.74. The van der Waals surface area contributed by atoms with Crippen molar-refractivity contribution >= 4 is 29.2 Å². The lowest BCUT2D eigenvalue weighted by Crippen LogP contribution is -2.50. The quantitative estimate of drug-likeness (QED) is 0.674. The van der Waals surface area contributed by atoms with Crippen molar-refractivity contribution in [1.29, 1.82) is 0 Å². The van der Waals surface area contributed by atoms with E-state index in [0.29, 0.717) is 30.9 Å². The second kappa shape index (κ2) is 9.73. The minimum absolute atomic E-state index is 0.0468. The van der Waals surface area contributed by atoms with Crippen LogP contribution in [0.5, 0.6) is 0 Å². The van der Waals surface area contributed by atoms with E-state index < -0.39 is 0 Å². The average Bonchev–Trinajstić information content (AvgIpc) is 3.25. The number of hydrogen-bond donors (Lipinski definition) is 2. The zero-order valence-corrected chi connectivity index (χ0v) is 19.4. The first-order chi connectivity index (χ1) is 15.9. The second-order valence-corrected chi connectivity index (χ2v) is 9.16. The highest BCUT2D eigenvalue weighted by Crippen LogP contribution is 2.37. The number of benzene rings is 1. The molecule has 1 aliphatic carbocycles. The van der Waals surface area contributed by atoms with Gasteiger partial charge in [-0.3, -0.25) is 14.4 Å². The molecule has 0 spiro atoms. The molecule has 174 valence electrons. The Kier molecular flexibility index (Phi) is 6.77. The van der Waals surface area contributed by atoms with Crippen LogP contribution in [0.3, 0.4) is 0 Å². The van der Waals surface area contributed by atoms with Gasteiger partial charge in [0.1, 0.15) is 5.82 Å². The fourth-order valence-corrected chi connectivity index (χ4v) is 5.13. The standard InChI is InChI=1S/C26H32N4O3/c1-3-26(4-2)11-7-13-30(25(26)33)17-23(31)28-21-10-9-18-14-20(15-19(18)16-21)24(32)29-22-8-5-6-12-27-22/h5-6,8-10,12,16,20H,3-4,7,11,13-15,17H2,1-2H3,(H,28,31)(H,27,29,32). The second-order valence-electron chi connectivity index (χ2n) is 9.16. The van der Waals surface area contributed by atoms with Crippen LogP contribution in [-0.4, -0.2) is 40.7 Å². The highest BCUT2D eigenvalue weighted by molar-refractivity contribution is 5.96. The minimum atomic E-state index is -0.322. The van der Waals surface area contributed by atoms with E-state index in [4.69, 9.17) is 0 Å². The Morgan fingerprint density at radius 2 is 1.88 bits per heavy atom. The molecule has 2 heterocycles. The van der Waals surface area contributed by atoms with E-state index in [2.05, 4.69) is 29.5 Å². The summed E-state index contributed by atoms with van der Waals surface area (Å²) in [5, 5.41) is 5.82. The van der Waals surface area contributed by atoms with Gasteiger partial charge in [0.25, 0.3) is 0 Å². The number of likely N-dealkylation sites (tertiary alicyclic amines) is 1. The van der Waals surface area contributed by atoms with Crippen LogP contribution in [0.15, 0.2) is 42.6 Å². The number of rotatable bonds is 7. The molecule has 1 saturated heterocycles. The number of carbonyl (C=O) groups is 3. The van der Waals surface area contributed by atoms with E-state index >= 15 is 0 Å². The Morgan fingerprint density at radius 1 is 1.09 bits per heavy atom. The molecular weight excluding hydrogens is 416 g/mol. The molecule has 0 saturated carbocycles. The molecule has 2 aromatic rings. The van der Waals surface area contributed by atoms with Crippen molar-refractivity contribution in [3.63, 3.8) is 0 Å². The van der Waals surface area contributed by atoms with Crippen LogP contribution in [0.1, 0.15) is 50.7 Å². The first kappa shape index (κ1) is 23.0. The van der Waals surface area contributed by atoms with Crippen molar-refractivity contribution in [2.75, 3.05) is 23.7 Å². The van der Waals surface area contributed by atoms with Crippen LogP contribution in [0.4, 0.5) is 11.5 Å². The lowest BCUT2D eigenvalue weighted by molar-refractivity contribution is -0.148. The van der Waals surface area contributed by atoms with Gasteiger partial charge in [-0.1, -0.05) is 26.0 Å². The van der Waals surface area contributed by atoms with Gasteiger partial charge in [0, 0.05) is 29.8 Å². The van der Waals surface area contributed by atoms with Crippen molar-refractivity contribution < 1.29 is 14.4 Å². The Labute approximate surface area is 195 Å². The van der Waals surface area contributed by atoms with Crippen molar-refractivity contribution in [2.45, 2.75) is 52.4 Å². The van der Waals surface area contributed by atoms with E-state index in [1.54, 1.807) is 17.2 Å². The highest BCUT2D eigenvalue weighted by Gasteiger charge is 2.41. The monoisotopic (exact) mass is 448 g/mol. The summed E-state index contributed by atoms with van der Waals surface area (Å²) in [6, 6.07) is 11.2. The van der Waals surface area contributed by atoms with E-state index in [1.807, 2.05) is 30.3 Å². The SMILES string of the molecule is CCC1(CC)CCCN(CC(=O)Nc2ccc3c(c2)CC(C(=O)Nc2ccccn2)C3)C1=O. The van der Waals surface area contributed by atoms with Crippen LogP contribution >= 0.6 is 0 Å². The third kappa shape index (κ3) is 4.92. The summed E-state index contributed by atoms with van der Waals surface area (Å²) in [6.07, 6.45) is 6.38. The van der Waals surface area contributed by atoms with Crippen LogP contribution in [0, 0.1) is 11.3 Å². The molecule has 1 aromatic heterocycles. The first-order valence-corrected chi connectivity index (χ1v) is 11.9. The summed E-state index contributed by atoms with van der Waals surface area (Å²) in [7, 11) is 0. The maximum Gasteiger partial charge on any atom is 0.243 e. The Hall–Kier alpha value is -3.22. The molecule has 1 fully saturated rings. The predicted molar refractivity (Wildman–Crippen MR) is 128 cm³/mol. The number of aromatic nitrogens is 1. The number of fused-ring (bicyclic) bond motifs is 1. The number of pyridine rings is 1. The van der Waals surface area contributed by atoms with Crippen molar-refractivity contribution in [1.82, 2.24) is 9.88 Å². The first-order valence-electron chi connectivity index (χ1n) is 11.9. The molecule has 1 unspecified atom stereocenters. The molecule has 4 rings (SSSR count). The molecule has 1 aromatic carbocycles. The van der Waals surface area contributed by atoms with Crippen molar-refractivity contribution in [2.24, 2.45) is 11.3 Å². The van der Waals surface area contributed by atoms with Crippen molar-refractivity contribution in [3.8, 4) is 0 Å². The number of piperidine rings is 1. The number of nitrogens with one attached hydrogen (secondary N) is 2. The van der Waals surface area contributed by atoms with Gasteiger partial charge in [0.15, 0.2) is 0 Å². The van der Waals surface area contributed by atoms with Crippen molar-refractivity contribution in [3.05, 3.63) is 53.7 Å². The van der Waals surface area contributed by atoms with Gasteiger partial charge in [-0.15, -0.1) is 0 Å². The molecule has 7 nitrogen and oxygen atoms in total. The van der Waals surface area contributed by atoms with Gasteiger partial charge >= 0.3 is 0 Å². The van der Waals surface area contributed by atoms with E-state index in [-0.39, 0.29) is 35.6 Å².